The first kappa shape index (κ1) is 12.7. The summed E-state index contributed by atoms with van der Waals surface area (Å²) in [5, 5.41) is 3.21. The van der Waals surface area contributed by atoms with Gasteiger partial charge >= 0.3 is 0 Å². The van der Waals surface area contributed by atoms with E-state index in [-0.39, 0.29) is 5.41 Å². The van der Waals surface area contributed by atoms with E-state index in [1.54, 1.807) is 0 Å². The van der Waals surface area contributed by atoms with Gasteiger partial charge in [-0.25, -0.2) is 0 Å². The van der Waals surface area contributed by atoms with Crippen LogP contribution < -0.4 is 5.32 Å². The van der Waals surface area contributed by atoms with E-state index in [9.17, 15) is 4.79 Å². The van der Waals surface area contributed by atoms with E-state index in [0.29, 0.717) is 11.9 Å². The second-order valence-electron chi connectivity index (χ2n) is 5.80. The molecule has 102 valence electrons. The van der Waals surface area contributed by atoms with Crippen LogP contribution in [0.3, 0.4) is 0 Å². The van der Waals surface area contributed by atoms with Crippen molar-refractivity contribution in [3.63, 3.8) is 0 Å². The number of hydrogen-bond acceptors (Lipinski definition) is 2. The predicted molar refractivity (Wildman–Crippen MR) is 76.0 cm³/mol. The fraction of sp³-hybridized carbons (Fsp3) is 0.562. The minimum Gasteiger partial charge on any atom is -0.338 e. The molecule has 0 aromatic heterocycles. The highest BCUT2D eigenvalue weighted by molar-refractivity contribution is 5.91. The zero-order chi connectivity index (χ0) is 13.3. The molecule has 3 nitrogen and oxygen atoms in total. The largest absolute Gasteiger partial charge is 0.338 e. The molecular formula is C16H22N2O. The summed E-state index contributed by atoms with van der Waals surface area (Å²) < 4.78 is 0. The number of hydrogen-bond donors (Lipinski definition) is 1. The maximum absolute atomic E-state index is 12.9. The number of carbonyl (C=O) groups is 1. The molecule has 0 bridgehead atoms. The van der Waals surface area contributed by atoms with Crippen LogP contribution in [0.1, 0.15) is 31.2 Å². The lowest BCUT2D eigenvalue weighted by Crippen LogP contribution is -2.45. The third-order valence-corrected chi connectivity index (χ3v) is 4.56. The van der Waals surface area contributed by atoms with Gasteiger partial charge in [0.1, 0.15) is 0 Å². The maximum Gasteiger partial charge on any atom is 0.233 e. The van der Waals surface area contributed by atoms with Gasteiger partial charge < -0.3 is 10.2 Å². The van der Waals surface area contributed by atoms with Crippen LogP contribution in [0.2, 0.25) is 0 Å². The average Bonchev–Trinajstić information content (AvgIpc) is 3.14. The first-order chi connectivity index (χ1) is 9.28. The van der Waals surface area contributed by atoms with E-state index in [2.05, 4.69) is 22.3 Å². The Balaban J connectivity index is 1.80. The van der Waals surface area contributed by atoms with E-state index in [1.165, 1.54) is 5.56 Å². The lowest BCUT2D eigenvalue weighted by Gasteiger charge is -2.29. The van der Waals surface area contributed by atoms with E-state index in [1.807, 2.05) is 25.2 Å². The molecule has 1 aliphatic carbocycles. The lowest BCUT2D eigenvalue weighted by molar-refractivity contribution is -0.134. The van der Waals surface area contributed by atoms with E-state index in [4.69, 9.17) is 0 Å². The minimum atomic E-state index is -0.197. The highest BCUT2D eigenvalue weighted by Crippen LogP contribution is 2.50. The van der Waals surface area contributed by atoms with Crippen LogP contribution in [0.4, 0.5) is 0 Å². The van der Waals surface area contributed by atoms with Crippen molar-refractivity contribution < 1.29 is 4.79 Å². The van der Waals surface area contributed by atoms with Gasteiger partial charge in [0.2, 0.25) is 5.91 Å². The third kappa shape index (κ3) is 2.16. The first-order valence-corrected chi connectivity index (χ1v) is 7.29. The normalized spacial score (nSPS) is 24.5. The van der Waals surface area contributed by atoms with Crippen LogP contribution in [-0.2, 0) is 10.2 Å². The van der Waals surface area contributed by atoms with Crippen molar-refractivity contribution in [2.24, 2.45) is 0 Å². The van der Waals surface area contributed by atoms with Crippen LogP contribution >= 0.6 is 0 Å². The Bertz CT molecular complexity index is 453. The van der Waals surface area contributed by atoms with Gasteiger partial charge in [-0.3, -0.25) is 4.79 Å². The van der Waals surface area contributed by atoms with Gasteiger partial charge in [-0.2, -0.15) is 0 Å². The zero-order valence-electron chi connectivity index (χ0n) is 11.6. The van der Waals surface area contributed by atoms with Gasteiger partial charge in [0, 0.05) is 19.1 Å². The number of carbonyl (C=O) groups excluding carboxylic acids is 1. The lowest BCUT2D eigenvalue weighted by atomic mass is 9.94. The van der Waals surface area contributed by atoms with Crippen LogP contribution in [-0.4, -0.2) is 37.0 Å². The van der Waals surface area contributed by atoms with Crippen molar-refractivity contribution in [3.05, 3.63) is 35.9 Å². The molecule has 1 atom stereocenters. The molecule has 19 heavy (non-hydrogen) atoms. The molecule has 1 N–H and O–H groups in total. The fourth-order valence-electron chi connectivity index (χ4n) is 3.33. The van der Waals surface area contributed by atoms with Crippen molar-refractivity contribution in [1.82, 2.24) is 10.2 Å². The Labute approximate surface area is 115 Å². The third-order valence-electron chi connectivity index (χ3n) is 4.56. The van der Waals surface area contributed by atoms with Gasteiger partial charge in [0.25, 0.3) is 0 Å². The van der Waals surface area contributed by atoms with Gasteiger partial charge in [-0.05, 0) is 38.3 Å². The number of benzene rings is 1. The van der Waals surface area contributed by atoms with Crippen LogP contribution in [0.5, 0.6) is 0 Å². The molecule has 1 saturated carbocycles. The molecule has 2 aliphatic rings. The molecule has 1 heterocycles. The Kier molecular flexibility index (Phi) is 3.31. The van der Waals surface area contributed by atoms with Crippen LogP contribution in [0, 0.1) is 0 Å². The molecule has 0 spiro atoms. The van der Waals surface area contributed by atoms with Gasteiger partial charge in [-0.1, -0.05) is 30.3 Å². The summed E-state index contributed by atoms with van der Waals surface area (Å²) in [5.74, 6) is 0.358. The van der Waals surface area contributed by atoms with E-state index < -0.39 is 0 Å². The molecule has 1 aromatic rings. The number of likely N-dealkylation sites (N-methyl/N-ethyl adjacent to an activating group) is 1. The first-order valence-electron chi connectivity index (χ1n) is 7.29. The highest BCUT2D eigenvalue weighted by Gasteiger charge is 2.54. The Morgan fingerprint density at radius 2 is 2.11 bits per heavy atom. The van der Waals surface area contributed by atoms with Crippen molar-refractivity contribution >= 4 is 5.91 Å². The molecule has 0 radical (unpaired) electrons. The van der Waals surface area contributed by atoms with Crippen molar-refractivity contribution in [2.45, 2.75) is 37.1 Å². The van der Waals surface area contributed by atoms with Gasteiger partial charge in [0.05, 0.1) is 5.41 Å². The molecule has 3 rings (SSSR count). The maximum atomic E-state index is 12.9. The number of nitrogens with zero attached hydrogens (tertiary/aromatic N) is 1. The molecule has 1 unspecified atom stereocenters. The van der Waals surface area contributed by atoms with E-state index in [0.717, 1.165) is 38.8 Å². The smallest absolute Gasteiger partial charge is 0.233 e. The summed E-state index contributed by atoms with van der Waals surface area (Å²) in [6.45, 7) is 1.84. The Morgan fingerprint density at radius 1 is 1.37 bits per heavy atom. The number of nitrogens with one attached hydrogen (secondary N) is 1. The van der Waals surface area contributed by atoms with Gasteiger partial charge in [0.15, 0.2) is 0 Å². The molecule has 1 aliphatic heterocycles. The summed E-state index contributed by atoms with van der Waals surface area (Å²) in [6, 6.07) is 10.7. The summed E-state index contributed by atoms with van der Waals surface area (Å²) in [4.78, 5) is 15.0. The average molecular weight is 258 g/mol. The number of rotatable bonds is 4. The fourth-order valence-corrected chi connectivity index (χ4v) is 3.33. The van der Waals surface area contributed by atoms with Crippen LogP contribution in [0.15, 0.2) is 30.3 Å². The summed E-state index contributed by atoms with van der Waals surface area (Å²) in [6.07, 6.45) is 4.30. The van der Waals surface area contributed by atoms with Crippen LogP contribution in [0.25, 0.3) is 0 Å². The topological polar surface area (TPSA) is 32.3 Å². The second-order valence-corrected chi connectivity index (χ2v) is 5.80. The van der Waals surface area contributed by atoms with Gasteiger partial charge in [-0.15, -0.1) is 0 Å². The summed E-state index contributed by atoms with van der Waals surface area (Å²) >= 11 is 0. The van der Waals surface area contributed by atoms with Crippen molar-refractivity contribution in [1.29, 1.82) is 0 Å². The minimum absolute atomic E-state index is 0.197. The Hall–Kier alpha value is -1.35. The molecule has 1 amide bonds. The molecule has 3 heteroatoms. The SMILES string of the molecule is CNCC1CCCN1C(=O)C1(c2ccccc2)CC1. The quantitative estimate of drug-likeness (QED) is 0.895. The monoisotopic (exact) mass is 258 g/mol. The predicted octanol–water partition coefficient (Wildman–Crippen LogP) is 1.93. The van der Waals surface area contributed by atoms with Crippen molar-refractivity contribution in [3.8, 4) is 0 Å². The summed E-state index contributed by atoms with van der Waals surface area (Å²) in [5.41, 5.74) is 1.01. The number of likely N-dealkylation sites (tertiary alicyclic amines) is 1. The van der Waals surface area contributed by atoms with Crippen molar-refractivity contribution in [2.75, 3.05) is 20.1 Å². The molecule has 1 saturated heterocycles. The highest BCUT2D eigenvalue weighted by atomic mass is 16.2. The molecule has 2 fully saturated rings. The molecule has 1 aromatic carbocycles. The summed E-state index contributed by atoms with van der Waals surface area (Å²) in [7, 11) is 1.96. The zero-order valence-corrected chi connectivity index (χ0v) is 11.6. The molecular weight excluding hydrogens is 236 g/mol. The second kappa shape index (κ2) is 4.97. The standard InChI is InChI=1S/C16H22N2O/c1-17-12-14-8-5-11-18(14)15(19)16(9-10-16)13-6-3-2-4-7-13/h2-4,6-7,14,17H,5,8-12H2,1H3. The van der Waals surface area contributed by atoms with E-state index >= 15 is 0 Å². The Morgan fingerprint density at radius 3 is 2.74 bits per heavy atom. The number of amides is 1.